The second-order valence-corrected chi connectivity index (χ2v) is 5.99. The van der Waals surface area contributed by atoms with Gasteiger partial charge >= 0.3 is 0 Å². The average molecular weight is 345 g/mol. The molecular weight excluding hydrogens is 320 g/mol. The molecule has 2 heterocycles. The number of rotatable bonds is 6. The van der Waals surface area contributed by atoms with Crippen LogP contribution in [-0.2, 0) is 11.3 Å². The summed E-state index contributed by atoms with van der Waals surface area (Å²) in [5, 5.41) is 0. The second-order valence-electron chi connectivity index (χ2n) is 5.99. The van der Waals surface area contributed by atoms with Crippen LogP contribution in [-0.4, -0.2) is 51.1 Å². The first-order chi connectivity index (χ1) is 10.7. The summed E-state index contributed by atoms with van der Waals surface area (Å²) in [4.78, 5) is 2.36. The van der Waals surface area contributed by atoms with E-state index in [-0.39, 0.29) is 25.2 Å². The zero-order chi connectivity index (χ0) is 15.5. The lowest BCUT2D eigenvalue weighted by molar-refractivity contribution is 0.144. The number of halogens is 1. The van der Waals surface area contributed by atoms with E-state index in [2.05, 4.69) is 11.8 Å². The molecule has 0 saturated carbocycles. The number of hydrogen-bond acceptors (Lipinski definition) is 6. The molecule has 0 radical (unpaired) electrons. The number of hydrogen-bond donors (Lipinski definition) is 1. The van der Waals surface area contributed by atoms with Gasteiger partial charge in [-0.05, 0) is 12.0 Å². The van der Waals surface area contributed by atoms with Crippen LogP contribution in [0, 0.1) is 5.92 Å². The molecule has 0 bridgehead atoms. The minimum absolute atomic E-state index is 0. The largest absolute Gasteiger partial charge is 0.491 e. The Bertz CT molecular complexity index is 519. The van der Waals surface area contributed by atoms with E-state index in [1.807, 2.05) is 12.1 Å². The van der Waals surface area contributed by atoms with Crippen molar-refractivity contribution >= 4 is 12.4 Å². The Kier molecular flexibility index (Phi) is 6.35. The molecule has 6 nitrogen and oxygen atoms in total. The number of methoxy groups -OCH3 is 1. The predicted octanol–water partition coefficient (Wildman–Crippen LogP) is 1.64. The van der Waals surface area contributed by atoms with Crippen LogP contribution in [0.25, 0.3) is 0 Å². The van der Waals surface area contributed by atoms with E-state index in [1.54, 1.807) is 7.11 Å². The van der Waals surface area contributed by atoms with Crippen molar-refractivity contribution in [1.82, 2.24) is 4.90 Å². The number of ether oxygens (including phenoxy) is 4. The van der Waals surface area contributed by atoms with Crippen molar-refractivity contribution in [2.45, 2.75) is 19.5 Å². The highest BCUT2D eigenvalue weighted by Gasteiger charge is 2.28. The van der Waals surface area contributed by atoms with E-state index >= 15 is 0 Å². The fraction of sp³-hybridized carbons (Fsp3) is 0.625. The summed E-state index contributed by atoms with van der Waals surface area (Å²) in [5.41, 5.74) is 7.21. The van der Waals surface area contributed by atoms with Gasteiger partial charge in [0.1, 0.15) is 12.4 Å². The van der Waals surface area contributed by atoms with Gasteiger partial charge in [0.15, 0.2) is 11.5 Å². The Morgan fingerprint density at radius 3 is 2.61 bits per heavy atom. The van der Waals surface area contributed by atoms with E-state index in [0.29, 0.717) is 19.1 Å². The van der Waals surface area contributed by atoms with E-state index in [1.165, 1.54) is 0 Å². The average Bonchev–Trinajstić information content (AvgIpc) is 3.06. The van der Waals surface area contributed by atoms with E-state index in [0.717, 1.165) is 42.4 Å². The molecule has 0 aliphatic carbocycles. The van der Waals surface area contributed by atoms with Gasteiger partial charge in [-0.15, -0.1) is 12.4 Å². The standard InChI is InChI=1S/C16H24N2O4.ClH/c1-11-7-18(9-13(11)17)8-12-5-15-16(22-10-21-15)6-14(12)20-4-3-19-2;/h5-6,11,13H,3-4,7-10,17H2,1-2H3;1H. The fourth-order valence-corrected chi connectivity index (χ4v) is 2.92. The molecule has 1 aromatic carbocycles. The van der Waals surface area contributed by atoms with Gasteiger partial charge in [0, 0.05) is 44.4 Å². The zero-order valence-corrected chi connectivity index (χ0v) is 14.4. The molecular formula is C16H25ClN2O4. The van der Waals surface area contributed by atoms with Gasteiger partial charge < -0.3 is 24.7 Å². The first-order valence-corrected chi connectivity index (χ1v) is 7.69. The van der Waals surface area contributed by atoms with Gasteiger partial charge in [-0.2, -0.15) is 0 Å². The van der Waals surface area contributed by atoms with Crippen molar-refractivity contribution < 1.29 is 18.9 Å². The third-order valence-corrected chi connectivity index (χ3v) is 4.24. The topological polar surface area (TPSA) is 66.2 Å². The van der Waals surface area contributed by atoms with Crippen molar-refractivity contribution in [1.29, 1.82) is 0 Å². The molecule has 2 unspecified atom stereocenters. The maximum atomic E-state index is 6.11. The van der Waals surface area contributed by atoms with Crippen LogP contribution in [0.1, 0.15) is 12.5 Å². The SMILES string of the molecule is COCCOc1cc2c(cc1CN1CC(C)C(N)C1)OCO2.Cl. The first kappa shape index (κ1) is 18.1. The van der Waals surface area contributed by atoms with Crippen LogP contribution in [0.4, 0.5) is 0 Å². The van der Waals surface area contributed by atoms with Crippen LogP contribution in [0.5, 0.6) is 17.2 Å². The minimum Gasteiger partial charge on any atom is -0.491 e. The van der Waals surface area contributed by atoms with Crippen LogP contribution >= 0.6 is 12.4 Å². The summed E-state index contributed by atoms with van der Waals surface area (Å²) in [5.74, 6) is 2.87. The predicted molar refractivity (Wildman–Crippen MR) is 89.6 cm³/mol. The van der Waals surface area contributed by atoms with Crippen molar-refractivity contribution in [3.8, 4) is 17.2 Å². The summed E-state index contributed by atoms with van der Waals surface area (Å²) in [7, 11) is 1.66. The van der Waals surface area contributed by atoms with Crippen LogP contribution in [0.15, 0.2) is 12.1 Å². The second kappa shape index (κ2) is 8.06. The van der Waals surface area contributed by atoms with Crippen LogP contribution in [0.3, 0.4) is 0 Å². The van der Waals surface area contributed by atoms with Crippen LogP contribution in [0.2, 0.25) is 0 Å². The lowest BCUT2D eigenvalue weighted by Crippen LogP contribution is -2.28. The molecule has 0 aromatic heterocycles. The van der Waals surface area contributed by atoms with Gasteiger partial charge in [-0.1, -0.05) is 6.92 Å². The number of benzene rings is 1. The Labute approximate surface area is 143 Å². The van der Waals surface area contributed by atoms with Gasteiger partial charge in [0.25, 0.3) is 0 Å². The molecule has 23 heavy (non-hydrogen) atoms. The molecule has 2 aliphatic rings. The fourth-order valence-electron chi connectivity index (χ4n) is 2.92. The Balaban J connectivity index is 0.00000192. The van der Waals surface area contributed by atoms with Crippen molar-refractivity contribution in [3.05, 3.63) is 17.7 Å². The number of nitrogens with zero attached hydrogens (tertiary/aromatic N) is 1. The van der Waals surface area contributed by atoms with Crippen LogP contribution < -0.4 is 19.9 Å². The Hall–Kier alpha value is -1.21. The summed E-state index contributed by atoms with van der Waals surface area (Å²) < 4.78 is 21.8. The van der Waals surface area contributed by atoms with Gasteiger partial charge in [-0.3, -0.25) is 4.90 Å². The van der Waals surface area contributed by atoms with E-state index in [4.69, 9.17) is 24.7 Å². The third-order valence-electron chi connectivity index (χ3n) is 4.24. The normalized spacial score (nSPS) is 22.9. The number of fused-ring (bicyclic) bond motifs is 1. The van der Waals surface area contributed by atoms with E-state index < -0.39 is 0 Å². The van der Waals surface area contributed by atoms with Gasteiger partial charge in [0.05, 0.1) is 6.61 Å². The van der Waals surface area contributed by atoms with Gasteiger partial charge in [-0.25, -0.2) is 0 Å². The number of likely N-dealkylation sites (tertiary alicyclic amines) is 1. The van der Waals surface area contributed by atoms with E-state index in [9.17, 15) is 0 Å². The molecule has 130 valence electrons. The Morgan fingerprint density at radius 2 is 1.96 bits per heavy atom. The van der Waals surface area contributed by atoms with Crippen molar-refractivity contribution in [2.75, 3.05) is 40.2 Å². The summed E-state index contributed by atoms with van der Waals surface area (Å²) in [6.45, 7) is 6.25. The highest BCUT2D eigenvalue weighted by atomic mass is 35.5. The quantitative estimate of drug-likeness (QED) is 0.791. The summed E-state index contributed by atoms with van der Waals surface area (Å²) in [6, 6.07) is 4.16. The smallest absolute Gasteiger partial charge is 0.231 e. The molecule has 3 rings (SSSR count). The molecule has 0 amide bonds. The minimum atomic E-state index is 0. The molecule has 1 fully saturated rings. The van der Waals surface area contributed by atoms with Crippen molar-refractivity contribution in [2.24, 2.45) is 11.7 Å². The van der Waals surface area contributed by atoms with Gasteiger partial charge in [0.2, 0.25) is 6.79 Å². The lowest BCUT2D eigenvalue weighted by Gasteiger charge is -2.19. The molecule has 7 heteroatoms. The Morgan fingerprint density at radius 1 is 1.22 bits per heavy atom. The number of nitrogens with two attached hydrogens (primary N) is 1. The molecule has 1 aromatic rings. The highest BCUT2D eigenvalue weighted by molar-refractivity contribution is 5.85. The highest BCUT2D eigenvalue weighted by Crippen LogP contribution is 2.39. The molecule has 1 saturated heterocycles. The monoisotopic (exact) mass is 344 g/mol. The third kappa shape index (κ3) is 4.20. The molecule has 0 spiro atoms. The summed E-state index contributed by atoms with van der Waals surface area (Å²) in [6.07, 6.45) is 0. The maximum Gasteiger partial charge on any atom is 0.231 e. The van der Waals surface area contributed by atoms with Crippen molar-refractivity contribution in [3.63, 3.8) is 0 Å². The molecule has 2 atom stereocenters. The molecule has 2 N–H and O–H groups in total. The maximum absolute atomic E-state index is 6.11. The first-order valence-electron chi connectivity index (χ1n) is 7.69. The lowest BCUT2D eigenvalue weighted by atomic mass is 10.1. The molecule has 2 aliphatic heterocycles. The summed E-state index contributed by atoms with van der Waals surface area (Å²) >= 11 is 0. The zero-order valence-electron chi connectivity index (χ0n) is 13.6.